The molecule has 0 spiro atoms. The Labute approximate surface area is 136 Å². The summed E-state index contributed by atoms with van der Waals surface area (Å²) in [6.45, 7) is 2.01. The Morgan fingerprint density at radius 2 is 2.00 bits per heavy atom. The molecule has 0 saturated heterocycles. The van der Waals surface area contributed by atoms with E-state index in [9.17, 15) is 4.39 Å². The van der Waals surface area contributed by atoms with Crippen LogP contribution >= 0.6 is 35.4 Å². The van der Waals surface area contributed by atoms with Crippen molar-refractivity contribution in [3.8, 4) is 0 Å². The number of H-pyrrole nitrogens is 1. The lowest BCUT2D eigenvalue weighted by Crippen LogP contribution is -2.06. The van der Waals surface area contributed by atoms with Gasteiger partial charge in [-0.25, -0.2) is 4.39 Å². The fourth-order valence-corrected chi connectivity index (χ4v) is 3.14. The molecule has 3 rings (SSSR count). The largest absolute Gasteiger partial charge is 0.330 e. The number of rotatable bonds is 2. The van der Waals surface area contributed by atoms with Crippen molar-refractivity contribution in [2.75, 3.05) is 0 Å². The molecule has 1 unspecified atom stereocenters. The van der Waals surface area contributed by atoms with Crippen LogP contribution in [0.3, 0.4) is 0 Å². The predicted molar refractivity (Wildman–Crippen MR) is 87.4 cm³/mol. The third-order valence-electron chi connectivity index (χ3n) is 3.48. The highest BCUT2D eigenvalue weighted by Crippen LogP contribution is 2.28. The minimum absolute atomic E-state index is 0.0496. The Morgan fingerprint density at radius 3 is 2.71 bits per heavy atom. The number of hydrogen-bond donors (Lipinski definition) is 1. The number of aromatic nitrogens is 2. The van der Waals surface area contributed by atoms with Crippen LogP contribution in [0.2, 0.25) is 10.0 Å². The molecule has 1 heterocycles. The maximum atomic E-state index is 13.6. The zero-order chi connectivity index (χ0) is 15.1. The monoisotopic (exact) mass is 340 g/mol. The van der Waals surface area contributed by atoms with Crippen LogP contribution < -0.4 is 0 Å². The zero-order valence-electron chi connectivity index (χ0n) is 11.0. The van der Waals surface area contributed by atoms with E-state index in [1.54, 1.807) is 6.07 Å². The van der Waals surface area contributed by atoms with Gasteiger partial charge in [0.15, 0.2) is 4.77 Å². The maximum Gasteiger partial charge on any atom is 0.178 e. The van der Waals surface area contributed by atoms with Crippen molar-refractivity contribution in [1.29, 1.82) is 0 Å². The molecule has 1 N–H and O–H groups in total. The van der Waals surface area contributed by atoms with Gasteiger partial charge in [0.2, 0.25) is 0 Å². The molecule has 1 aromatic heterocycles. The van der Waals surface area contributed by atoms with Crippen molar-refractivity contribution < 1.29 is 4.39 Å². The van der Waals surface area contributed by atoms with E-state index in [1.807, 2.05) is 35.8 Å². The molecular formula is C15H11Cl2FN2S. The minimum atomic E-state index is -0.469. The fourth-order valence-electron chi connectivity index (χ4n) is 2.42. The second-order valence-corrected chi connectivity index (χ2v) is 6.04. The highest BCUT2D eigenvalue weighted by atomic mass is 35.5. The highest BCUT2D eigenvalue weighted by molar-refractivity contribution is 7.71. The lowest BCUT2D eigenvalue weighted by atomic mass is 10.1. The van der Waals surface area contributed by atoms with Crippen molar-refractivity contribution in [3.05, 3.63) is 62.6 Å². The summed E-state index contributed by atoms with van der Waals surface area (Å²) in [4.78, 5) is 3.01. The predicted octanol–water partition coefficient (Wildman–Crippen LogP) is 5.75. The number of fused-ring (bicyclic) bond motifs is 1. The Morgan fingerprint density at radius 1 is 1.24 bits per heavy atom. The van der Waals surface area contributed by atoms with Gasteiger partial charge in [-0.2, -0.15) is 0 Å². The molecule has 2 aromatic carbocycles. The van der Waals surface area contributed by atoms with Crippen LogP contribution in [0.4, 0.5) is 4.39 Å². The first kappa shape index (κ1) is 14.6. The van der Waals surface area contributed by atoms with Gasteiger partial charge in [0, 0.05) is 11.1 Å². The smallest absolute Gasteiger partial charge is 0.178 e. The average Bonchev–Trinajstić information content (AvgIpc) is 2.74. The van der Waals surface area contributed by atoms with Crippen LogP contribution in [0.25, 0.3) is 11.0 Å². The first-order valence-corrected chi connectivity index (χ1v) is 7.48. The summed E-state index contributed by atoms with van der Waals surface area (Å²) < 4.78 is 16.0. The summed E-state index contributed by atoms with van der Waals surface area (Å²) in [5.41, 5.74) is 2.40. The first-order valence-electron chi connectivity index (χ1n) is 6.32. The molecule has 0 amide bonds. The molecule has 0 bridgehead atoms. The van der Waals surface area contributed by atoms with Crippen molar-refractivity contribution in [3.63, 3.8) is 0 Å². The van der Waals surface area contributed by atoms with E-state index in [0.717, 1.165) is 11.1 Å². The summed E-state index contributed by atoms with van der Waals surface area (Å²) in [5.74, 6) is -0.469. The summed E-state index contributed by atoms with van der Waals surface area (Å²) in [6.07, 6.45) is 0. The van der Waals surface area contributed by atoms with Gasteiger partial charge in [-0.05, 0) is 42.9 Å². The molecule has 0 aliphatic rings. The molecular weight excluding hydrogens is 330 g/mol. The van der Waals surface area contributed by atoms with Gasteiger partial charge in [-0.15, -0.1) is 0 Å². The third kappa shape index (κ3) is 2.59. The molecule has 0 aliphatic heterocycles. The standard InChI is InChI=1S/C15H11Cl2FN2S/c1-8(9-3-2-4-10(16)5-9)20-14-6-11(17)12(18)7-13(14)19-15(20)21/h2-8H,1H3,(H,19,21). The summed E-state index contributed by atoms with van der Waals surface area (Å²) in [5, 5.41) is 0.735. The van der Waals surface area contributed by atoms with Crippen LogP contribution in [0.1, 0.15) is 18.5 Å². The lowest BCUT2D eigenvalue weighted by molar-refractivity contribution is 0.628. The van der Waals surface area contributed by atoms with E-state index in [2.05, 4.69) is 4.98 Å². The number of nitrogens with one attached hydrogen (secondary N) is 1. The van der Waals surface area contributed by atoms with Crippen LogP contribution in [0, 0.1) is 10.6 Å². The van der Waals surface area contributed by atoms with E-state index in [1.165, 1.54) is 6.07 Å². The molecule has 21 heavy (non-hydrogen) atoms. The maximum absolute atomic E-state index is 13.6. The van der Waals surface area contributed by atoms with Gasteiger partial charge in [-0.3, -0.25) is 0 Å². The molecule has 0 aliphatic carbocycles. The van der Waals surface area contributed by atoms with Crippen molar-refractivity contribution in [1.82, 2.24) is 9.55 Å². The van der Waals surface area contributed by atoms with E-state index >= 15 is 0 Å². The fraction of sp³-hybridized carbons (Fsp3) is 0.133. The Hall–Kier alpha value is -1.36. The zero-order valence-corrected chi connectivity index (χ0v) is 13.4. The van der Waals surface area contributed by atoms with E-state index in [-0.39, 0.29) is 11.1 Å². The SMILES string of the molecule is CC(c1cccc(Cl)c1)n1c(=S)[nH]c2cc(F)c(Cl)cc21. The lowest BCUT2D eigenvalue weighted by Gasteiger charge is -2.15. The van der Waals surface area contributed by atoms with Crippen LogP contribution in [-0.4, -0.2) is 9.55 Å². The molecule has 0 fully saturated rings. The van der Waals surface area contributed by atoms with Crippen molar-refractivity contribution in [2.24, 2.45) is 0 Å². The van der Waals surface area contributed by atoms with Crippen molar-refractivity contribution >= 4 is 46.5 Å². The van der Waals surface area contributed by atoms with Crippen molar-refractivity contribution in [2.45, 2.75) is 13.0 Å². The molecule has 2 nitrogen and oxygen atoms in total. The van der Waals surface area contributed by atoms with Crippen LogP contribution in [0.5, 0.6) is 0 Å². The first-order chi connectivity index (χ1) is 9.97. The number of imidazole rings is 1. The van der Waals surface area contributed by atoms with Gasteiger partial charge in [0.05, 0.1) is 22.1 Å². The quantitative estimate of drug-likeness (QED) is 0.588. The molecule has 0 radical (unpaired) electrons. The third-order valence-corrected chi connectivity index (χ3v) is 4.30. The van der Waals surface area contributed by atoms with E-state index < -0.39 is 5.82 Å². The average molecular weight is 341 g/mol. The number of halogens is 3. The van der Waals surface area contributed by atoms with Gasteiger partial charge in [-0.1, -0.05) is 35.3 Å². The molecule has 0 saturated carbocycles. The van der Waals surface area contributed by atoms with Gasteiger partial charge >= 0.3 is 0 Å². The van der Waals surface area contributed by atoms with Crippen LogP contribution in [-0.2, 0) is 0 Å². The molecule has 3 aromatic rings. The van der Waals surface area contributed by atoms with Crippen LogP contribution in [0.15, 0.2) is 36.4 Å². The second-order valence-electron chi connectivity index (χ2n) is 4.81. The molecule has 1 atom stereocenters. The Bertz CT molecular complexity index is 885. The molecule has 6 heteroatoms. The molecule has 108 valence electrons. The van der Waals surface area contributed by atoms with Gasteiger partial charge in [0.1, 0.15) is 5.82 Å². The number of benzene rings is 2. The topological polar surface area (TPSA) is 20.7 Å². The second kappa shape index (κ2) is 5.44. The van der Waals surface area contributed by atoms with E-state index in [4.69, 9.17) is 35.4 Å². The summed E-state index contributed by atoms with van der Waals surface area (Å²) in [6, 6.07) is 10.5. The minimum Gasteiger partial charge on any atom is -0.330 e. The Kier molecular flexibility index (Phi) is 3.78. The van der Waals surface area contributed by atoms with E-state index in [0.29, 0.717) is 15.3 Å². The normalized spacial score (nSPS) is 12.8. The van der Waals surface area contributed by atoms with Gasteiger partial charge < -0.3 is 9.55 Å². The Balaban J connectivity index is 2.22. The van der Waals surface area contributed by atoms with Gasteiger partial charge in [0.25, 0.3) is 0 Å². The highest BCUT2D eigenvalue weighted by Gasteiger charge is 2.15. The number of aromatic amines is 1. The number of nitrogens with zero attached hydrogens (tertiary/aromatic N) is 1. The summed E-state index contributed by atoms with van der Waals surface area (Å²) >= 11 is 17.3. The summed E-state index contributed by atoms with van der Waals surface area (Å²) in [7, 11) is 0. The number of hydrogen-bond acceptors (Lipinski definition) is 1.